The highest BCUT2D eigenvalue weighted by atomic mass is 16.6. The van der Waals surface area contributed by atoms with Crippen LogP contribution in [0.5, 0.6) is 0 Å². The number of hydrogen-bond donors (Lipinski definition) is 1. The van der Waals surface area contributed by atoms with Gasteiger partial charge in [0, 0.05) is 25.2 Å². The Balaban J connectivity index is 2.63. The van der Waals surface area contributed by atoms with Gasteiger partial charge in [-0.3, -0.25) is 0 Å². The predicted molar refractivity (Wildman–Crippen MR) is 64.5 cm³/mol. The molecule has 2 atom stereocenters. The summed E-state index contributed by atoms with van der Waals surface area (Å²) >= 11 is 0. The van der Waals surface area contributed by atoms with Gasteiger partial charge in [-0.25, -0.2) is 4.79 Å². The minimum atomic E-state index is -0.413. The van der Waals surface area contributed by atoms with Crippen molar-refractivity contribution in [3.05, 3.63) is 0 Å². The highest BCUT2D eigenvalue weighted by molar-refractivity contribution is 5.68. The molecule has 1 aliphatic heterocycles. The van der Waals surface area contributed by atoms with Crippen LogP contribution in [0, 0.1) is 0 Å². The van der Waals surface area contributed by atoms with Gasteiger partial charge in [0.1, 0.15) is 5.60 Å². The van der Waals surface area contributed by atoms with E-state index in [9.17, 15) is 4.79 Å². The molecule has 0 aromatic carbocycles. The molecule has 1 aliphatic rings. The zero-order chi connectivity index (χ0) is 12.3. The van der Waals surface area contributed by atoms with Gasteiger partial charge in [0.2, 0.25) is 0 Å². The molecule has 1 heterocycles. The van der Waals surface area contributed by atoms with Crippen LogP contribution >= 0.6 is 0 Å². The summed E-state index contributed by atoms with van der Waals surface area (Å²) in [6, 6.07) is 0.598. The molecule has 4 nitrogen and oxygen atoms in total. The van der Waals surface area contributed by atoms with E-state index in [4.69, 9.17) is 4.74 Å². The molecule has 1 N–H and O–H groups in total. The Hall–Kier alpha value is -0.770. The van der Waals surface area contributed by atoms with E-state index in [1.54, 1.807) is 0 Å². The van der Waals surface area contributed by atoms with Crippen LogP contribution in [0.25, 0.3) is 0 Å². The number of nitrogens with one attached hydrogen (secondary N) is 1. The maximum atomic E-state index is 12.0. The molecule has 0 bridgehead atoms. The average molecular weight is 228 g/mol. The molecular weight excluding hydrogens is 204 g/mol. The van der Waals surface area contributed by atoms with Crippen LogP contribution in [-0.2, 0) is 4.74 Å². The van der Waals surface area contributed by atoms with E-state index in [-0.39, 0.29) is 12.1 Å². The number of carbonyl (C=O) groups is 1. The van der Waals surface area contributed by atoms with Crippen LogP contribution < -0.4 is 5.32 Å². The Morgan fingerprint density at radius 1 is 1.50 bits per heavy atom. The monoisotopic (exact) mass is 228 g/mol. The van der Waals surface area contributed by atoms with Gasteiger partial charge in [-0.05, 0) is 34.1 Å². The SMILES string of the molecule is CC[C@H]1CNC(C)CN1C(=O)OC(C)(C)C. The van der Waals surface area contributed by atoms with E-state index >= 15 is 0 Å². The Morgan fingerprint density at radius 2 is 2.12 bits per heavy atom. The number of ether oxygens (including phenoxy) is 1. The number of nitrogens with zero attached hydrogens (tertiary/aromatic N) is 1. The summed E-state index contributed by atoms with van der Waals surface area (Å²) in [5.41, 5.74) is -0.413. The molecule has 4 heteroatoms. The first-order chi connectivity index (χ1) is 7.33. The minimum absolute atomic E-state index is 0.187. The number of piperazine rings is 1. The topological polar surface area (TPSA) is 41.6 Å². The predicted octanol–water partition coefficient (Wildman–Crippen LogP) is 1.99. The fourth-order valence-electron chi connectivity index (χ4n) is 1.86. The van der Waals surface area contributed by atoms with Gasteiger partial charge < -0.3 is 15.0 Å². The molecular formula is C12H24N2O2. The first-order valence-electron chi connectivity index (χ1n) is 6.06. The molecule has 1 rings (SSSR count). The van der Waals surface area contributed by atoms with Crippen molar-refractivity contribution < 1.29 is 9.53 Å². The Morgan fingerprint density at radius 3 is 2.62 bits per heavy atom. The van der Waals surface area contributed by atoms with Gasteiger partial charge in [-0.15, -0.1) is 0 Å². The summed E-state index contributed by atoms with van der Waals surface area (Å²) in [4.78, 5) is 13.9. The second kappa shape index (κ2) is 5.04. The highest BCUT2D eigenvalue weighted by Crippen LogP contribution is 2.16. The van der Waals surface area contributed by atoms with Crippen LogP contribution in [0.2, 0.25) is 0 Å². The van der Waals surface area contributed by atoms with Crippen molar-refractivity contribution in [2.45, 2.75) is 58.7 Å². The van der Waals surface area contributed by atoms with E-state index in [0.29, 0.717) is 6.04 Å². The first kappa shape index (κ1) is 13.3. The largest absolute Gasteiger partial charge is 0.444 e. The number of rotatable bonds is 1. The molecule has 1 unspecified atom stereocenters. The van der Waals surface area contributed by atoms with E-state index in [0.717, 1.165) is 19.5 Å². The molecule has 94 valence electrons. The van der Waals surface area contributed by atoms with Crippen molar-refractivity contribution >= 4 is 6.09 Å². The maximum Gasteiger partial charge on any atom is 0.410 e. The lowest BCUT2D eigenvalue weighted by Crippen LogP contribution is -2.57. The number of amides is 1. The maximum absolute atomic E-state index is 12.0. The van der Waals surface area contributed by atoms with Gasteiger partial charge >= 0.3 is 6.09 Å². The molecule has 1 amide bonds. The van der Waals surface area contributed by atoms with E-state index in [1.165, 1.54) is 0 Å². The molecule has 16 heavy (non-hydrogen) atoms. The van der Waals surface area contributed by atoms with Crippen molar-refractivity contribution in [1.29, 1.82) is 0 Å². The van der Waals surface area contributed by atoms with E-state index < -0.39 is 5.60 Å². The molecule has 0 spiro atoms. The summed E-state index contributed by atoms with van der Waals surface area (Å²) in [6.07, 6.45) is 0.770. The molecule has 0 aromatic rings. The van der Waals surface area contributed by atoms with Gasteiger partial charge in [-0.2, -0.15) is 0 Å². The third-order valence-electron chi connectivity index (χ3n) is 2.71. The van der Waals surface area contributed by atoms with Crippen molar-refractivity contribution in [3.63, 3.8) is 0 Å². The summed E-state index contributed by atoms with van der Waals surface area (Å²) in [5, 5.41) is 3.38. The van der Waals surface area contributed by atoms with Gasteiger partial charge in [0.05, 0.1) is 0 Å². The lowest BCUT2D eigenvalue weighted by molar-refractivity contribution is 0.00780. The second-order valence-electron chi connectivity index (χ2n) is 5.50. The Kier molecular flexibility index (Phi) is 4.19. The fourth-order valence-corrected chi connectivity index (χ4v) is 1.86. The molecule has 0 saturated carbocycles. The quantitative estimate of drug-likeness (QED) is 0.746. The van der Waals surface area contributed by atoms with Crippen LogP contribution in [0.15, 0.2) is 0 Å². The summed E-state index contributed by atoms with van der Waals surface area (Å²) in [7, 11) is 0. The van der Waals surface area contributed by atoms with E-state index in [2.05, 4.69) is 19.2 Å². The van der Waals surface area contributed by atoms with Crippen molar-refractivity contribution in [3.8, 4) is 0 Å². The molecule has 1 saturated heterocycles. The lowest BCUT2D eigenvalue weighted by Gasteiger charge is -2.39. The van der Waals surface area contributed by atoms with E-state index in [1.807, 2.05) is 25.7 Å². The van der Waals surface area contributed by atoms with Gasteiger partial charge in [0.25, 0.3) is 0 Å². The Labute approximate surface area is 98.3 Å². The minimum Gasteiger partial charge on any atom is -0.444 e. The van der Waals surface area contributed by atoms with Crippen molar-refractivity contribution in [1.82, 2.24) is 10.2 Å². The zero-order valence-electron chi connectivity index (χ0n) is 11.0. The molecule has 0 aromatic heterocycles. The van der Waals surface area contributed by atoms with Gasteiger partial charge in [0.15, 0.2) is 0 Å². The van der Waals surface area contributed by atoms with Crippen molar-refractivity contribution in [2.75, 3.05) is 13.1 Å². The third-order valence-corrected chi connectivity index (χ3v) is 2.71. The first-order valence-corrected chi connectivity index (χ1v) is 6.06. The Bertz CT molecular complexity index is 248. The van der Waals surface area contributed by atoms with Crippen LogP contribution in [-0.4, -0.2) is 41.8 Å². The summed E-state index contributed by atoms with van der Waals surface area (Å²) < 4.78 is 5.42. The molecule has 0 radical (unpaired) electrons. The number of carbonyl (C=O) groups excluding carboxylic acids is 1. The van der Waals surface area contributed by atoms with Crippen LogP contribution in [0.3, 0.4) is 0 Å². The smallest absolute Gasteiger partial charge is 0.410 e. The molecule has 1 fully saturated rings. The van der Waals surface area contributed by atoms with Crippen molar-refractivity contribution in [2.24, 2.45) is 0 Å². The zero-order valence-corrected chi connectivity index (χ0v) is 11.0. The second-order valence-corrected chi connectivity index (χ2v) is 5.50. The lowest BCUT2D eigenvalue weighted by atomic mass is 10.1. The standard InChI is InChI=1S/C12H24N2O2/c1-6-10-7-13-9(2)8-14(10)11(15)16-12(3,4)5/h9-10,13H,6-8H2,1-5H3/t9?,10-/m0/s1. The van der Waals surface area contributed by atoms with Gasteiger partial charge in [-0.1, -0.05) is 6.92 Å². The summed E-state index contributed by atoms with van der Waals surface area (Å²) in [6.45, 7) is 11.5. The normalized spacial score (nSPS) is 26.7. The molecule has 0 aliphatic carbocycles. The number of hydrogen-bond acceptors (Lipinski definition) is 3. The highest BCUT2D eigenvalue weighted by Gasteiger charge is 2.31. The fraction of sp³-hybridized carbons (Fsp3) is 0.917. The summed E-state index contributed by atoms with van der Waals surface area (Å²) in [5.74, 6) is 0. The van der Waals surface area contributed by atoms with Crippen LogP contribution in [0.1, 0.15) is 41.0 Å². The average Bonchev–Trinajstić information content (AvgIpc) is 2.15. The van der Waals surface area contributed by atoms with Crippen LogP contribution in [0.4, 0.5) is 4.79 Å². The third kappa shape index (κ3) is 3.67.